The third kappa shape index (κ3) is 4.02. The number of aryl methyl sites for hydroxylation is 1. The van der Waals surface area contributed by atoms with E-state index in [4.69, 9.17) is 15.2 Å². The zero-order valence-electron chi connectivity index (χ0n) is 13.6. The van der Waals surface area contributed by atoms with Gasteiger partial charge in [-0.3, -0.25) is 4.79 Å². The number of para-hydroxylation sites is 1. The van der Waals surface area contributed by atoms with Gasteiger partial charge in [-0.05, 0) is 18.6 Å². The highest BCUT2D eigenvalue weighted by atomic mass is 16.5. The van der Waals surface area contributed by atoms with Gasteiger partial charge in [-0.2, -0.15) is 0 Å². The molecule has 3 N–H and O–H groups in total. The largest absolute Gasteiger partial charge is 0.493 e. The Morgan fingerprint density at radius 1 is 1.13 bits per heavy atom. The first-order valence-electron chi connectivity index (χ1n) is 7.36. The molecule has 5 nitrogen and oxygen atoms in total. The van der Waals surface area contributed by atoms with E-state index in [1.165, 1.54) is 0 Å². The number of hydrogen-bond acceptors (Lipinski definition) is 4. The average Bonchev–Trinajstić information content (AvgIpc) is 2.59. The van der Waals surface area contributed by atoms with Crippen molar-refractivity contribution in [2.75, 3.05) is 14.2 Å². The molecule has 0 aliphatic carbocycles. The highest BCUT2D eigenvalue weighted by Gasteiger charge is 2.16. The van der Waals surface area contributed by atoms with Crippen LogP contribution in [-0.4, -0.2) is 20.1 Å². The Bertz CT molecular complexity index is 668. The number of nitrogens with one attached hydrogen (secondary N) is 1. The van der Waals surface area contributed by atoms with E-state index in [-0.39, 0.29) is 5.91 Å². The summed E-state index contributed by atoms with van der Waals surface area (Å²) in [6.07, 6.45) is 0. The first-order valence-corrected chi connectivity index (χ1v) is 7.36. The van der Waals surface area contributed by atoms with Crippen LogP contribution in [0.2, 0.25) is 0 Å². The van der Waals surface area contributed by atoms with Gasteiger partial charge in [0.2, 0.25) is 5.91 Å². The maximum absolute atomic E-state index is 12.2. The van der Waals surface area contributed by atoms with E-state index in [0.717, 1.165) is 16.7 Å². The van der Waals surface area contributed by atoms with Crippen LogP contribution in [0.5, 0.6) is 11.5 Å². The van der Waals surface area contributed by atoms with Crippen LogP contribution >= 0.6 is 0 Å². The van der Waals surface area contributed by atoms with Gasteiger partial charge in [0.05, 0.1) is 14.2 Å². The van der Waals surface area contributed by atoms with Gasteiger partial charge in [0.15, 0.2) is 11.5 Å². The van der Waals surface area contributed by atoms with Crippen molar-refractivity contribution in [3.05, 3.63) is 59.2 Å². The second-order valence-electron chi connectivity index (χ2n) is 5.26. The van der Waals surface area contributed by atoms with Crippen LogP contribution in [0.15, 0.2) is 42.5 Å². The summed E-state index contributed by atoms with van der Waals surface area (Å²) < 4.78 is 10.6. The Hall–Kier alpha value is -2.53. The fraction of sp³-hybridized carbons (Fsp3) is 0.278. The molecule has 0 aromatic heterocycles. The third-order valence-electron chi connectivity index (χ3n) is 3.66. The predicted molar refractivity (Wildman–Crippen MR) is 89.5 cm³/mol. The van der Waals surface area contributed by atoms with Crippen molar-refractivity contribution in [1.29, 1.82) is 0 Å². The lowest BCUT2D eigenvalue weighted by Crippen LogP contribution is -2.33. The van der Waals surface area contributed by atoms with Crippen molar-refractivity contribution in [2.24, 2.45) is 5.73 Å². The van der Waals surface area contributed by atoms with Crippen molar-refractivity contribution in [2.45, 2.75) is 19.5 Å². The summed E-state index contributed by atoms with van der Waals surface area (Å²) >= 11 is 0. The predicted octanol–water partition coefficient (Wildman–Crippen LogP) is 2.33. The zero-order valence-corrected chi connectivity index (χ0v) is 13.6. The molecule has 0 spiro atoms. The molecule has 0 saturated heterocycles. The number of rotatable bonds is 6. The van der Waals surface area contributed by atoms with E-state index >= 15 is 0 Å². The molecule has 0 heterocycles. The zero-order chi connectivity index (χ0) is 16.8. The van der Waals surface area contributed by atoms with Gasteiger partial charge in [-0.25, -0.2) is 0 Å². The molecule has 1 unspecified atom stereocenters. The molecule has 0 saturated carbocycles. The molecule has 2 aromatic carbocycles. The molecule has 0 aliphatic heterocycles. The number of hydrogen-bond donors (Lipinski definition) is 2. The second-order valence-corrected chi connectivity index (χ2v) is 5.26. The molecule has 0 radical (unpaired) electrons. The number of carbonyl (C=O) groups is 1. The van der Waals surface area contributed by atoms with Crippen LogP contribution in [0.4, 0.5) is 0 Å². The average molecular weight is 314 g/mol. The Morgan fingerprint density at radius 2 is 1.83 bits per heavy atom. The summed E-state index contributed by atoms with van der Waals surface area (Å²) in [6, 6.07) is 12.4. The normalized spacial score (nSPS) is 11.7. The lowest BCUT2D eigenvalue weighted by atomic mass is 10.1. The van der Waals surface area contributed by atoms with E-state index < -0.39 is 6.04 Å². The lowest BCUT2D eigenvalue weighted by molar-refractivity contribution is -0.122. The van der Waals surface area contributed by atoms with E-state index in [1.807, 2.05) is 49.4 Å². The van der Waals surface area contributed by atoms with E-state index in [2.05, 4.69) is 5.32 Å². The summed E-state index contributed by atoms with van der Waals surface area (Å²) in [4.78, 5) is 12.2. The van der Waals surface area contributed by atoms with Crippen LogP contribution in [0.3, 0.4) is 0 Å². The highest BCUT2D eigenvalue weighted by Crippen LogP contribution is 2.30. The molecule has 2 rings (SSSR count). The topological polar surface area (TPSA) is 73.6 Å². The van der Waals surface area contributed by atoms with Crippen LogP contribution < -0.4 is 20.5 Å². The van der Waals surface area contributed by atoms with Crippen molar-refractivity contribution >= 4 is 5.91 Å². The minimum atomic E-state index is -0.702. The van der Waals surface area contributed by atoms with Crippen molar-refractivity contribution in [3.8, 4) is 11.5 Å². The van der Waals surface area contributed by atoms with Gasteiger partial charge >= 0.3 is 0 Å². The maximum atomic E-state index is 12.2. The molecule has 1 amide bonds. The summed E-state index contributed by atoms with van der Waals surface area (Å²) in [5.74, 6) is 1.00. The van der Waals surface area contributed by atoms with E-state index in [9.17, 15) is 4.79 Å². The molecule has 0 fully saturated rings. The quantitative estimate of drug-likeness (QED) is 0.858. The van der Waals surface area contributed by atoms with Gasteiger partial charge in [-0.1, -0.05) is 42.0 Å². The lowest BCUT2D eigenvalue weighted by Gasteiger charge is -2.15. The number of benzene rings is 2. The highest BCUT2D eigenvalue weighted by molar-refractivity contribution is 5.83. The number of ether oxygens (including phenoxy) is 2. The Balaban J connectivity index is 2.05. The summed E-state index contributed by atoms with van der Waals surface area (Å²) in [5, 5.41) is 2.84. The molecular formula is C18H22N2O3. The third-order valence-corrected chi connectivity index (χ3v) is 3.66. The minimum Gasteiger partial charge on any atom is -0.493 e. The SMILES string of the molecule is COc1cccc(CNC(=O)C(N)c2ccc(C)cc2)c1OC. The standard InChI is InChI=1S/C18H22N2O3/c1-12-7-9-13(10-8-12)16(19)18(21)20-11-14-5-4-6-15(22-2)17(14)23-3/h4-10,16H,11,19H2,1-3H3,(H,20,21). The summed E-state index contributed by atoms with van der Waals surface area (Å²) in [7, 11) is 3.15. The second kappa shape index (κ2) is 7.65. The number of nitrogens with two attached hydrogens (primary N) is 1. The van der Waals surface area contributed by atoms with Crippen molar-refractivity contribution in [1.82, 2.24) is 5.32 Å². The van der Waals surface area contributed by atoms with E-state index in [1.54, 1.807) is 14.2 Å². The molecule has 1 atom stereocenters. The first-order chi connectivity index (χ1) is 11.1. The Labute approximate surface area is 136 Å². The van der Waals surface area contributed by atoms with E-state index in [0.29, 0.717) is 18.0 Å². The maximum Gasteiger partial charge on any atom is 0.241 e. The monoisotopic (exact) mass is 314 g/mol. The fourth-order valence-corrected chi connectivity index (χ4v) is 2.31. The van der Waals surface area contributed by atoms with Crippen molar-refractivity contribution in [3.63, 3.8) is 0 Å². The number of amides is 1. The van der Waals surface area contributed by atoms with Crippen LogP contribution in [0, 0.1) is 6.92 Å². The molecule has 0 bridgehead atoms. The van der Waals surface area contributed by atoms with Gasteiger partial charge in [0, 0.05) is 12.1 Å². The number of methoxy groups -OCH3 is 2. The Kier molecular flexibility index (Phi) is 5.60. The molecule has 5 heteroatoms. The molecular weight excluding hydrogens is 292 g/mol. The summed E-state index contributed by atoms with van der Waals surface area (Å²) in [5.41, 5.74) is 8.75. The smallest absolute Gasteiger partial charge is 0.241 e. The number of carbonyl (C=O) groups excluding carboxylic acids is 1. The molecule has 23 heavy (non-hydrogen) atoms. The Morgan fingerprint density at radius 3 is 2.43 bits per heavy atom. The first kappa shape index (κ1) is 16.8. The molecule has 122 valence electrons. The van der Waals surface area contributed by atoms with Gasteiger partial charge in [0.25, 0.3) is 0 Å². The van der Waals surface area contributed by atoms with Crippen molar-refractivity contribution < 1.29 is 14.3 Å². The minimum absolute atomic E-state index is 0.237. The fourth-order valence-electron chi connectivity index (χ4n) is 2.31. The van der Waals surface area contributed by atoms with Crippen LogP contribution in [0.25, 0.3) is 0 Å². The van der Waals surface area contributed by atoms with Crippen LogP contribution in [-0.2, 0) is 11.3 Å². The van der Waals surface area contributed by atoms with Gasteiger partial charge < -0.3 is 20.5 Å². The molecule has 0 aliphatic rings. The van der Waals surface area contributed by atoms with Crippen LogP contribution in [0.1, 0.15) is 22.7 Å². The van der Waals surface area contributed by atoms with Gasteiger partial charge in [0.1, 0.15) is 6.04 Å². The summed E-state index contributed by atoms with van der Waals surface area (Å²) in [6.45, 7) is 2.31. The van der Waals surface area contributed by atoms with Gasteiger partial charge in [-0.15, -0.1) is 0 Å². The molecule has 2 aromatic rings.